The quantitative estimate of drug-likeness (QED) is 0.823. The summed E-state index contributed by atoms with van der Waals surface area (Å²) in [6.45, 7) is 0.651. The number of amides is 3. The van der Waals surface area contributed by atoms with Crippen LogP contribution in [0, 0.1) is 0 Å². The number of anilines is 1. The molecule has 2 aromatic rings. The Morgan fingerprint density at radius 2 is 1.79 bits per heavy atom. The van der Waals surface area contributed by atoms with E-state index in [1.807, 2.05) is 12.1 Å². The summed E-state index contributed by atoms with van der Waals surface area (Å²) in [5, 5.41) is 5.71. The third-order valence-electron chi connectivity index (χ3n) is 5.63. The first-order valence-corrected chi connectivity index (χ1v) is 10.2. The zero-order valence-corrected chi connectivity index (χ0v) is 16.3. The van der Waals surface area contributed by atoms with Crippen LogP contribution >= 0.6 is 0 Å². The molecule has 2 aliphatic rings. The number of benzene rings is 2. The molecule has 29 heavy (non-hydrogen) atoms. The standard InChI is InChI=1S/C23H25N3O3/c27-21(25-20-8-3-6-16-5-1-2-7-19(16)20)15-24-23(29)17-10-12-18(13-11-17)26-14-4-9-22(26)28/h1-2,5,7,10-13,20H,3-4,6,8-9,14-15H2,(H,24,29)(H,25,27). The summed E-state index contributed by atoms with van der Waals surface area (Å²) in [6, 6.07) is 15.1. The minimum Gasteiger partial charge on any atom is -0.348 e. The molecule has 0 radical (unpaired) electrons. The predicted octanol–water partition coefficient (Wildman–Crippen LogP) is 2.74. The van der Waals surface area contributed by atoms with E-state index in [0.29, 0.717) is 12.0 Å². The van der Waals surface area contributed by atoms with Crippen molar-refractivity contribution < 1.29 is 14.4 Å². The molecule has 1 fully saturated rings. The van der Waals surface area contributed by atoms with Gasteiger partial charge in [0.15, 0.2) is 0 Å². The summed E-state index contributed by atoms with van der Waals surface area (Å²) in [4.78, 5) is 38.3. The summed E-state index contributed by atoms with van der Waals surface area (Å²) in [6.07, 6.45) is 4.43. The molecule has 1 aliphatic carbocycles. The average molecular weight is 391 g/mol. The van der Waals surface area contributed by atoms with Crippen molar-refractivity contribution >= 4 is 23.4 Å². The first-order valence-electron chi connectivity index (χ1n) is 10.2. The number of aryl methyl sites for hydroxylation is 1. The van der Waals surface area contributed by atoms with E-state index in [0.717, 1.165) is 37.9 Å². The van der Waals surface area contributed by atoms with Crippen LogP contribution in [0.15, 0.2) is 48.5 Å². The highest BCUT2D eigenvalue weighted by atomic mass is 16.2. The zero-order valence-electron chi connectivity index (χ0n) is 16.3. The van der Waals surface area contributed by atoms with Crippen LogP contribution in [-0.2, 0) is 16.0 Å². The van der Waals surface area contributed by atoms with Gasteiger partial charge in [0.05, 0.1) is 12.6 Å². The molecule has 1 unspecified atom stereocenters. The van der Waals surface area contributed by atoms with Crippen LogP contribution in [0.2, 0.25) is 0 Å². The van der Waals surface area contributed by atoms with E-state index in [2.05, 4.69) is 22.8 Å². The lowest BCUT2D eigenvalue weighted by Gasteiger charge is -2.26. The van der Waals surface area contributed by atoms with Crippen molar-refractivity contribution in [1.82, 2.24) is 10.6 Å². The molecule has 0 bridgehead atoms. The fourth-order valence-electron chi connectivity index (χ4n) is 4.13. The van der Waals surface area contributed by atoms with Gasteiger partial charge < -0.3 is 15.5 Å². The Bertz CT molecular complexity index is 923. The lowest BCUT2D eigenvalue weighted by Crippen LogP contribution is -2.39. The van der Waals surface area contributed by atoms with E-state index in [1.165, 1.54) is 11.1 Å². The van der Waals surface area contributed by atoms with Gasteiger partial charge in [0.2, 0.25) is 11.8 Å². The first kappa shape index (κ1) is 19.2. The average Bonchev–Trinajstić information content (AvgIpc) is 3.18. The maximum Gasteiger partial charge on any atom is 0.251 e. The van der Waals surface area contributed by atoms with Crippen LogP contribution < -0.4 is 15.5 Å². The van der Waals surface area contributed by atoms with Crippen LogP contribution in [0.4, 0.5) is 5.69 Å². The van der Waals surface area contributed by atoms with Crippen LogP contribution in [-0.4, -0.2) is 30.8 Å². The number of carbonyl (C=O) groups excluding carboxylic acids is 3. The van der Waals surface area contributed by atoms with Crippen molar-refractivity contribution in [3.8, 4) is 0 Å². The summed E-state index contributed by atoms with van der Waals surface area (Å²) >= 11 is 0. The summed E-state index contributed by atoms with van der Waals surface area (Å²) in [5.74, 6) is -0.383. The van der Waals surface area contributed by atoms with Crippen LogP contribution in [0.3, 0.4) is 0 Å². The molecule has 2 aromatic carbocycles. The second-order valence-electron chi connectivity index (χ2n) is 7.59. The Morgan fingerprint density at radius 1 is 1.00 bits per heavy atom. The van der Waals surface area contributed by atoms with Gasteiger partial charge in [-0.1, -0.05) is 24.3 Å². The van der Waals surface area contributed by atoms with Crippen molar-refractivity contribution in [2.75, 3.05) is 18.0 Å². The second-order valence-corrected chi connectivity index (χ2v) is 7.59. The highest BCUT2D eigenvalue weighted by Gasteiger charge is 2.23. The number of carbonyl (C=O) groups is 3. The van der Waals surface area contributed by atoms with Crippen molar-refractivity contribution in [3.05, 3.63) is 65.2 Å². The molecule has 0 spiro atoms. The molecule has 1 atom stereocenters. The fourth-order valence-corrected chi connectivity index (χ4v) is 4.13. The molecule has 1 saturated heterocycles. The van der Waals surface area contributed by atoms with Crippen molar-refractivity contribution in [2.24, 2.45) is 0 Å². The van der Waals surface area contributed by atoms with Crippen LogP contribution in [0.25, 0.3) is 0 Å². The monoisotopic (exact) mass is 391 g/mol. The summed E-state index contributed by atoms with van der Waals surface area (Å²) in [5.41, 5.74) is 3.73. The predicted molar refractivity (Wildman–Crippen MR) is 111 cm³/mol. The molecule has 6 nitrogen and oxygen atoms in total. The fraction of sp³-hybridized carbons (Fsp3) is 0.348. The van der Waals surface area contributed by atoms with Gasteiger partial charge >= 0.3 is 0 Å². The van der Waals surface area contributed by atoms with Crippen molar-refractivity contribution in [2.45, 2.75) is 38.1 Å². The van der Waals surface area contributed by atoms with E-state index in [-0.39, 0.29) is 30.3 Å². The second kappa shape index (κ2) is 8.47. The lowest BCUT2D eigenvalue weighted by molar-refractivity contribution is -0.121. The molecule has 4 rings (SSSR count). The van der Waals surface area contributed by atoms with E-state index in [4.69, 9.17) is 0 Å². The van der Waals surface area contributed by atoms with Gasteiger partial charge in [0.1, 0.15) is 0 Å². The molecule has 1 heterocycles. The Hall–Kier alpha value is -3.15. The van der Waals surface area contributed by atoms with Crippen molar-refractivity contribution in [3.63, 3.8) is 0 Å². The third-order valence-corrected chi connectivity index (χ3v) is 5.63. The van der Waals surface area contributed by atoms with E-state index < -0.39 is 0 Å². The van der Waals surface area contributed by atoms with Crippen LogP contribution in [0.5, 0.6) is 0 Å². The zero-order chi connectivity index (χ0) is 20.2. The Balaban J connectivity index is 1.30. The van der Waals surface area contributed by atoms with E-state index in [9.17, 15) is 14.4 Å². The highest BCUT2D eigenvalue weighted by Crippen LogP contribution is 2.29. The number of nitrogens with zero attached hydrogens (tertiary/aromatic N) is 1. The molecule has 3 amide bonds. The number of nitrogens with one attached hydrogen (secondary N) is 2. The molecule has 2 N–H and O–H groups in total. The maximum atomic E-state index is 12.4. The van der Waals surface area contributed by atoms with Gasteiger partial charge in [-0.15, -0.1) is 0 Å². The topological polar surface area (TPSA) is 78.5 Å². The van der Waals surface area contributed by atoms with E-state index in [1.54, 1.807) is 29.2 Å². The Labute approximate surface area is 170 Å². The highest BCUT2D eigenvalue weighted by molar-refractivity contribution is 5.98. The van der Waals surface area contributed by atoms with E-state index >= 15 is 0 Å². The SMILES string of the molecule is O=C(CNC(=O)c1ccc(N2CCCC2=O)cc1)NC1CCCc2ccccc21. The molecular weight excluding hydrogens is 366 g/mol. The third kappa shape index (κ3) is 4.31. The minimum atomic E-state index is -0.302. The maximum absolute atomic E-state index is 12.4. The van der Waals surface area contributed by atoms with Crippen LogP contribution in [0.1, 0.15) is 53.2 Å². The molecule has 6 heteroatoms. The lowest BCUT2D eigenvalue weighted by atomic mass is 9.88. The van der Waals surface area contributed by atoms with Crippen molar-refractivity contribution in [1.29, 1.82) is 0 Å². The molecule has 0 aromatic heterocycles. The molecule has 1 aliphatic heterocycles. The number of rotatable bonds is 5. The number of fused-ring (bicyclic) bond motifs is 1. The summed E-state index contributed by atoms with van der Waals surface area (Å²) < 4.78 is 0. The first-order chi connectivity index (χ1) is 14.1. The summed E-state index contributed by atoms with van der Waals surface area (Å²) in [7, 11) is 0. The number of hydrogen-bond acceptors (Lipinski definition) is 3. The molecule has 0 saturated carbocycles. The van der Waals surface area contributed by atoms with Gasteiger partial charge in [0.25, 0.3) is 5.91 Å². The molecular formula is C23H25N3O3. The Kier molecular flexibility index (Phi) is 5.60. The van der Waals surface area contributed by atoms with Gasteiger partial charge in [-0.3, -0.25) is 14.4 Å². The normalized spacial score (nSPS) is 18.3. The van der Waals surface area contributed by atoms with Gasteiger partial charge in [-0.05, 0) is 61.1 Å². The Morgan fingerprint density at radius 3 is 2.55 bits per heavy atom. The molecule has 150 valence electrons. The number of hydrogen-bond donors (Lipinski definition) is 2. The van der Waals surface area contributed by atoms with Gasteiger partial charge in [-0.25, -0.2) is 0 Å². The van der Waals surface area contributed by atoms with Gasteiger partial charge in [0, 0.05) is 24.2 Å². The minimum absolute atomic E-state index is 0.00151. The van der Waals surface area contributed by atoms with Gasteiger partial charge in [-0.2, -0.15) is 0 Å². The smallest absolute Gasteiger partial charge is 0.251 e. The largest absolute Gasteiger partial charge is 0.348 e.